The molecule has 0 saturated heterocycles. The summed E-state index contributed by atoms with van der Waals surface area (Å²) in [6.07, 6.45) is 0. The van der Waals surface area contributed by atoms with Crippen LogP contribution >= 0.6 is 0 Å². The summed E-state index contributed by atoms with van der Waals surface area (Å²) in [6, 6.07) is 5.92. The van der Waals surface area contributed by atoms with Crippen LogP contribution in [-0.4, -0.2) is 47.8 Å². The van der Waals surface area contributed by atoms with Gasteiger partial charge in [0.1, 0.15) is 5.82 Å². The third kappa shape index (κ3) is 5.68. The third-order valence-corrected chi connectivity index (χ3v) is 3.44. The minimum Gasteiger partial charge on any atom is -0.369 e. The molecule has 0 aliphatic rings. The highest BCUT2D eigenvalue weighted by atomic mass is 19.1. The molecule has 0 fully saturated rings. The highest BCUT2D eigenvalue weighted by Gasteiger charge is 2.19. The van der Waals surface area contributed by atoms with Gasteiger partial charge < -0.3 is 10.6 Å². The predicted molar refractivity (Wildman–Crippen MR) is 83.5 cm³/mol. The van der Waals surface area contributed by atoms with Crippen LogP contribution in [0.1, 0.15) is 25.0 Å². The lowest BCUT2D eigenvalue weighted by Crippen LogP contribution is -2.45. The van der Waals surface area contributed by atoms with E-state index in [9.17, 15) is 14.0 Å². The molecule has 1 aromatic rings. The van der Waals surface area contributed by atoms with Crippen LogP contribution in [0.2, 0.25) is 0 Å². The molecule has 0 saturated carbocycles. The van der Waals surface area contributed by atoms with Crippen molar-refractivity contribution < 1.29 is 14.0 Å². The zero-order valence-electron chi connectivity index (χ0n) is 13.5. The van der Waals surface area contributed by atoms with E-state index >= 15 is 0 Å². The number of rotatable bonds is 7. The Balaban J connectivity index is 2.77. The van der Waals surface area contributed by atoms with Crippen LogP contribution in [0.3, 0.4) is 0 Å². The van der Waals surface area contributed by atoms with Gasteiger partial charge in [-0.25, -0.2) is 4.39 Å². The number of benzene rings is 1. The van der Waals surface area contributed by atoms with Gasteiger partial charge in [-0.1, -0.05) is 0 Å². The first kappa shape index (κ1) is 18.6. The van der Waals surface area contributed by atoms with E-state index in [1.807, 2.05) is 19.9 Å². The third-order valence-electron chi connectivity index (χ3n) is 3.44. The monoisotopic (exact) mass is 320 g/mol. The summed E-state index contributed by atoms with van der Waals surface area (Å²) in [6.45, 7) is 3.74. The van der Waals surface area contributed by atoms with E-state index in [-0.39, 0.29) is 37.1 Å². The normalized spacial score (nSPS) is 10.7. The van der Waals surface area contributed by atoms with Gasteiger partial charge in [0, 0.05) is 25.2 Å². The topological polar surface area (TPSA) is 90.4 Å². The molecule has 0 aromatic heterocycles. The molecule has 0 bridgehead atoms. The molecular weight excluding hydrogens is 299 g/mol. The molecule has 2 amide bonds. The van der Waals surface area contributed by atoms with Crippen LogP contribution in [0.25, 0.3) is 0 Å². The molecular formula is C16H21FN4O2. The molecule has 1 rings (SSSR count). The summed E-state index contributed by atoms with van der Waals surface area (Å²) in [4.78, 5) is 26.3. The molecule has 6 nitrogen and oxygen atoms in total. The number of halogens is 1. The lowest BCUT2D eigenvalue weighted by atomic mass is 10.1. The number of nitriles is 1. The molecule has 0 radical (unpaired) electrons. The van der Waals surface area contributed by atoms with Crippen LogP contribution in [0, 0.1) is 17.1 Å². The average Bonchev–Trinajstić information content (AvgIpc) is 2.48. The predicted octanol–water partition coefficient (Wildman–Crippen LogP) is 0.851. The number of carbonyl (C=O) groups excluding carboxylic acids is 2. The molecule has 2 N–H and O–H groups in total. The number of amides is 2. The van der Waals surface area contributed by atoms with Crippen molar-refractivity contribution >= 4 is 11.8 Å². The summed E-state index contributed by atoms with van der Waals surface area (Å²) in [7, 11) is 1.55. The fourth-order valence-electron chi connectivity index (χ4n) is 2.02. The lowest BCUT2D eigenvalue weighted by Gasteiger charge is -2.27. The minimum absolute atomic E-state index is 0.0106. The summed E-state index contributed by atoms with van der Waals surface area (Å²) >= 11 is 0. The molecule has 0 spiro atoms. The van der Waals surface area contributed by atoms with E-state index in [2.05, 4.69) is 0 Å². The fraction of sp³-hybridized carbons (Fsp3) is 0.438. The van der Waals surface area contributed by atoms with E-state index in [0.29, 0.717) is 5.56 Å². The van der Waals surface area contributed by atoms with Crippen molar-refractivity contribution in [3.05, 3.63) is 35.1 Å². The first-order valence-corrected chi connectivity index (χ1v) is 7.19. The first-order valence-electron chi connectivity index (χ1n) is 7.19. The summed E-state index contributed by atoms with van der Waals surface area (Å²) in [5.41, 5.74) is 5.78. The quantitative estimate of drug-likeness (QED) is 0.806. The van der Waals surface area contributed by atoms with Crippen molar-refractivity contribution in [3.8, 4) is 6.07 Å². The largest absolute Gasteiger partial charge is 0.369 e. The molecule has 0 aliphatic carbocycles. The zero-order valence-corrected chi connectivity index (χ0v) is 13.5. The Morgan fingerprint density at radius 1 is 1.35 bits per heavy atom. The maximum absolute atomic E-state index is 13.8. The second-order valence-corrected chi connectivity index (χ2v) is 5.63. The van der Waals surface area contributed by atoms with Gasteiger partial charge in [0.05, 0.1) is 24.7 Å². The van der Waals surface area contributed by atoms with Gasteiger partial charge in [0.2, 0.25) is 11.8 Å². The Morgan fingerprint density at radius 3 is 2.52 bits per heavy atom. The van der Waals surface area contributed by atoms with Crippen LogP contribution in [0.15, 0.2) is 18.2 Å². The van der Waals surface area contributed by atoms with E-state index in [1.54, 1.807) is 11.9 Å². The van der Waals surface area contributed by atoms with Gasteiger partial charge in [-0.2, -0.15) is 5.26 Å². The van der Waals surface area contributed by atoms with E-state index < -0.39 is 11.7 Å². The van der Waals surface area contributed by atoms with Crippen LogP contribution in [0.4, 0.5) is 4.39 Å². The molecule has 0 heterocycles. The Bertz CT molecular complexity index is 625. The smallest absolute Gasteiger partial charge is 0.236 e. The minimum atomic E-state index is -0.512. The first-order chi connectivity index (χ1) is 10.7. The highest BCUT2D eigenvalue weighted by Crippen LogP contribution is 2.12. The van der Waals surface area contributed by atoms with Crippen molar-refractivity contribution in [1.82, 2.24) is 9.80 Å². The second kappa shape index (κ2) is 8.25. The fourth-order valence-corrected chi connectivity index (χ4v) is 2.02. The van der Waals surface area contributed by atoms with Gasteiger partial charge in [-0.3, -0.25) is 14.5 Å². The van der Waals surface area contributed by atoms with Crippen molar-refractivity contribution in [2.75, 3.05) is 20.1 Å². The second-order valence-electron chi connectivity index (χ2n) is 5.63. The van der Waals surface area contributed by atoms with Gasteiger partial charge >= 0.3 is 0 Å². The number of primary amides is 1. The number of carbonyl (C=O) groups is 2. The summed E-state index contributed by atoms with van der Waals surface area (Å²) < 4.78 is 13.8. The number of hydrogen-bond acceptors (Lipinski definition) is 4. The van der Waals surface area contributed by atoms with Gasteiger partial charge in [-0.15, -0.1) is 0 Å². The number of likely N-dealkylation sites (N-methyl/N-ethyl adjacent to an activating group) is 1. The van der Waals surface area contributed by atoms with Crippen LogP contribution in [0.5, 0.6) is 0 Å². The molecule has 0 unspecified atom stereocenters. The Hall–Kier alpha value is -2.46. The molecule has 124 valence electrons. The highest BCUT2D eigenvalue weighted by molar-refractivity contribution is 5.80. The Kier molecular flexibility index (Phi) is 6.66. The van der Waals surface area contributed by atoms with Gasteiger partial charge in [-0.05, 0) is 32.0 Å². The summed E-state index contributed by atoms with van der Waals surface area (Å²) in [5.74, 6) is -1.25. The molecule has 0 aliphatic heterocycles. The molecule has 7 heteroatoms. The van der Waals surface area contributed by atoms with Gasteiger partial charge in [0.15, 0.2) is 0 Å². The molecule has 23 heavy (non-hydrogen) atoms. The number of nitrogens with zero attached hydrogens (tertiary/aromatic N) is 3. The number of nitrogens with two attached hydrogens (primary N) is 1. The number of hydrogen-bond donors (Lipinski definition) is 1. The van der Waals surface area contributed by atoms with Crippen LogP contribution < -0.4 is 5.73 Å². The average molecular weight is 320 g/mol. The van der Waals surface area contributed by atoms with Crippen molar-refractivity contribution in [1.29, 1.82) is 5.26 Å². The lowest BCUT2D eigenvalue weighted by molar-refractivity contribution is -0.132. The SMILES string of the molecule is CC(C)N(CC(N)=O)CC(=O)N(C)Cc1cc(C#N)ccc1F. The zero-order chi connectivity index (χ0) is 17.6. The Labute approximate surface area is 135 Å². The standard InChI is InChI=1S/C16H21FN4O2/c1-11(2)21(9-15(19)22)10-16(23)20(3)8-13-6-12(7-18)4-5-14(13)17/h4-6,11H,8-10H2,1-3H3,(H2,19,22). The van der Waals surface area contributed by atoms with Crippen molar-refractivity contribution in [2.24, 2.45) is 5.73 Å². The molecule has 0 atom stereocenters. The van der Waals surface area contributed by atoms with Crippen LogP contribution in [-0.2, 0) is 16.1 Å². The van der Waals surface area contributed by atoms with Crippen molar-refractivity contribution in [3.63, 3.8) is 0 Å². The van der Waals surface area contributed by atoms with E-state index in [1.165, 1.54) is 23.1 Å². The Morgan fingerprint density at radius 2 is 2.00 bits per heavy atom. The van der Waals surface area contributed by atoms with Gasteiger partial charge in [0.25, 0.3) is 0 Å². The molecule has 1 aromatic carbocycles. The maximum atomic E-state index is 13.8. The maximum Gasteiger partial charge on any atom is 0.236 e. The van der Waals surface area contributed by atoms with Crippen molar-refractivity contribution in [2.45, 2.75) is 26.4 Å². The summed E-state index contributed by atoms with van der Waals surface area (Å²) in [5, 5.41) is 8.86. The van der Waals surface area contributed by atoms with E-state index in [4.69, 9.17) is 11.0 Å². The van der Waals surface area contributed by atoms with E-state index in [0.717, 1.165) is 0 Å².